The van der Waals surface area contributed by atoms with E-state index in [9.17, 15) is 0 Å². The molecule has 13 aromatic carbocycles. The predicted molar refractivity (Wildman–Crippen MR) is 210 cm³/mol. The van der Waals surface area contributed by atoms with E-state index in [0.717, 1.165) is 129 Å². The number of hydrogen-bond donors (Lipinski definition) is 0. The average Bonchev–Trinajstić information content (AvgIpc) is 3.15. The van der Waals surface area contributed by atoms with Crippen LogP contribution in [-0.2, 0) is 0 Å². The van der Waals surface area contributed by atoms with Crippen LogP contribution in [0.2, 0.25) is 0 Å². The van der Waals surface area contributed by atoms with Crippen molar-refractivity contribution in [3.8, 4) is 0 Å². The molecule has 0 atom stereocenters. The summed E-state index contributed by atoms with van der Waals surface area (Å²) in [5.74, 6) is -1.28. The molecule has 0 amide bonds. The Hall–Kier alpha value is -6.52. The van der Waals surface area contributed by atoms with Gasteiger partial charge in [0.1, 0.15) is 23.3 Å². The Morgan fingerprint density at radius 1 is 0.173 bits per heavy atom. The van der Waals surface area contributed by atoms with Crippen LogP contribution in [-0.4, -0.2) is 0 Å². The Kier molecular flexibility index (Phi) is 4.63. The van der Waals surface area contributed by atoms with Gasteiger partial charge in [0, 0.05) is 0 Å². The predicted octanol–water partition coefficient (Wildman–Crippen LogP) is 14.4. The van der Waals surface area contributed by atoms with Gasteiger partial charge in [0.15, 0.2) is 0 Å². The largest absolute Gasteiger partial charge is 0.207 e. The van der Waals surface area contributed by atoms with Crippen LogP contribution in [0.25, 0.3) is 129 Å². The Bertz CT molecular complexity index is 3290. The van der Waals surface area contributed by atoms with Gasteiger partial charge in [-0.15, -0.1) is 0 Å². The summed E-state index contributed by atoms with van der Waals surface area (Å²) in [5, 5.41) is 22.4. The van der Waals surface area contributed by atoms with Crippen molar-refractivity contribution in [3.05, 3.63) is 145 Å². The highest BCUT2D eigenvalue weighted by Crippen LogP contribution is 2.55. The lowest BCUT2D eigenvalue weighted by atomic mass is 9.78. The van der Waals surface area contributed by atoms with E-state index >= 15 is 17.6 Å². The second-order valence-electron chi connectivity index (χ2n) is 14.4. The van der Waals surface area contributed by atoms with Crippen molar-refractivity contribution in [1.29, 1.82) is 0 Å². The van der Waals surface area contributed by atoms with Crippen LogP contribution >= 0.6 is 0 Å². The molecule has 13 rings (SSSR count). The van der Waals surface area contributed by atoms with E-state index in [0.29, 0.717) is 0 Å². The number of hydrogen-bond acceptors (Lipinski definition) is 0. The van der Waals surface area contributed by atoms with Gasteiger partial charge in [-0.25, -0.2) is 17.6 Å². The van der Waals surface area contributed by atoms with Crippen LogP contribution in [0.5, 0.6) is 0 Å². The van der Waals surface area contributed by atoms with Gasteiger partial charge in [0.2, 0.25) is 0 Å². The average molecular weight is 673 g/mol. The number of fused-ring (bicyclic) bond motifs is 12. The Morgan fingerprint density at radius 3 is 0.519 bits per heavy atom. The van der Waals surface area contributed by atoms with Crippen LogP contribution in [0.15, 0.2) is 121 Å². The monoisotopic (exact) mass is 672 g/mol. The summed E-state index contributed by atoms with van der Waals surface area (Å²) in [6.07, 6.45) is 0. The molecule has 0 nitrogen and oxygen atoms in total. The highest BCUT2D eigenvalue weighted by Gasteiger charge is 2.26. The van der Waals surface area contributed by atoms with E-state index in [1.54, 1.807) is 24.3 Å². The normalized spacial score (nSPS) is 13.0. The molecule has 0 unspecified atom stereocenters. The summed E-state index contributed by atoms with van der Waals surface area (Å²) >= 11 is 0. The molecule has 0 heterocycles. The molecular weight excluding hydrogens is 653 g/mol. The maximum absolute atomic E-state index is 15.2. The van der Waals surface area contributed by atoms with E-state index in [1.807, 2.05) is 24.3 Å². The molecule has 0 fully saturated rings. The molecule has 0 aromatic heterocycles. The van der Waals surface area contributed by atoms with Crippen LogP contribution in [0, 0.1) is 23.3 Å². The van der Waals surface area contributed by atoms with Crippen LogP contribution in [0.3, 0.4) is 0 Å². The molecule has 0 radical (unpaired) electrons. The minimum Gasteiger partial charge on any atom is -0.207 e. The molecule has 0 aliphatic heterocycles. The van der Waals surface area contributed by atoms with Gasteiger partial charge in [0.05, 0.1) is 0 Å². The van der Waals surface area contributed by atoms with Crippen molar-refractivity contribution in [2.75, 3.05) is 0 Å². The van der Waals surface area contributed by atoms with E-state index < -0.39 is 0 Å². The Labute approximate surface area is 290 Å². The lowest BCUT2D eigenvalue weighted by Crippen LogP contribution is -1.96. The zero-order valence-corrected chi connectivity index (χ0v) is 27.1. The van der Waals surface area contributed by atoms with E-state index in [-0.39, 0.29) is 23.3 Å². The summed E-state index contributed by atoms with van der Waals surface area (Å²) in [6, 6.07) is 36.7. The second kappa shape index (κ2) is 8.85. The standard InChI is InChI=1S/C48H20F4/c49-21-1-5-25-29-9-10-30-26-6-2-22(50)18-38(26)35-15-16-36-40-20-24(52)4-8-28(40)32-12-11-31-27-7-3-23(51)19-39(27)34-14-13-33(37(25)17-21)45-41(29)42(30)46(35)48(36)44(32)43(31)47(34)45/h1-20H. The second-order valence-corrected chi connectivity index (χ2v) is 14.4. The molecule has 0 aliphatic rings. The number of benzene rings is 12. The molecular formula is C48H20F4. The fourth-order valence-electron chi connectivity index (χ4n) is 10.2. The molecule has 13 aromatic rings. The lowest BCUT2D eigenvalue weighted by Gasteiger charge is -2.24. The highest BCUT2D eigenvalue weighted by atomic mass is 19.1. The SMILES string of the molecule is Fc1ccc2c(c1)c1ccc3c4cc(F)ccc4c4ccc5c6ccc(F)cc6c6ccc7c8cc(F)ccc8c8ccc2c2c8c7c6c5c4c3c12. The van der Waals surface area contributed by atoms with Gasteiger partial charge in [-0.3, -0.25) is 0 Å². The summed E-state index contributed by atoms with van der Waals surface area (Å²) in [6.45, 7) is 0. The van der Waals surface area contributed by atoms with Gasteiger partial charge in [0.25, 0.3) is 0 Å². The summed E-state index contributed by atoms with van der Waals surface area (Å²) in [5.41, 5.74) is 0. The molecule has 0 bridgehead atoms. The smallest absolute Gasteiger partial charge is 0.123 e. The Morgan fingerprint density at radius 2 is 0.327 bits per heavy atom. The highest BCUT2D eigenvalue weighted by molar-refractivity contribution is 6.53. The zero-order valence-electron chi connectivity index (χ0n) is 27.1. The third-order valence-electron chi connectivity index (χ3n) is 12.1. The van der Waals surface area contributed by atoms with Gasteiger partial charge < -0.3 is 0 Å². The van der Waals surface area contributed by atoms with Crippen LogP contribution in [0.1, 0.15) is 0 Å². The molecule has 0 N–H and O–H groups in total. The third-order valence-corrected chi connectivity index (χ3v) is 12.1. The van der Waals surface area contributed by atoms with Crippen molar-refractivity contribution >= 4 is 129 Å². The maximum atomic E-state index is 15.2. The van der Waals surface area contributed by atoms with E-state index in [1.165, 1.54) is 24.3 Å². The van der Waals surface area contributed by atoms with Gasteiger partial charge >= 0.3 is 0 Å². The molecule has 0 spiro atoms. The lowest BCUT2D eigenvalue weighted by molar-refractivity contribution is 0.629. The summed E-state index contributed by atoms with van der Waals surface area (Å²) in [7, 11) is 0. The van der Waals surface area contributed by atoms with E-state index in [4.69, 9.17) is 0 Å². The van der Waals surface area contributed by atoms with Crippen molar-refractivity contribution < 1.29 is 17.6 Å². The van der Waals surface area contributed by atoms with E-state index in [2.05, 4.69) is 48.5 Å². The summed E-state index contributed by atoms with van der Waals surface area (Å²) < 4.78 is 60.9. The maximum Gasteiger partial charge on any atom is 0.123 e. The first-order valence-corrected chi connectivity index (χ1v) is 17.4. The van der Waals surface area contributed by atoms with Crippen molar-refractivity contribution in [2.24, 2.45) is 0 Å². The molecule has 240 valence electrons. The van der Waals surface area contributed by atoms with Crippen molar-refractivity contribution in [2.45, 2.75) is 0 Å². The first-order chi connectivity index (χ1) is 25.4. The number of halogens is 4. The fraction of sp³-hybridized carbons (Fsp3) is 0. The van der Waals surface area contributed by atoms with Crippen molar-refractivity contribution in [3.63, 3.8) is 0 Å². The molecule has 4 heteroatoms. The quantitative estimate of drug-likeness (QED) is 0.111. The summed E-state index contributed by atoms with van der Waals surface area (Å²) in [4.78, 5) is 0. The van der Waals surface area contributed by atoms with Crippen LogP contribution in [0.4, 0.5) is 17.6 Å². The molecule has 52 heavy (non-hydrogen) atoms. The van der Waals surface area contributed by atoms with Gasteiger partial charge in [-0.2, -0.15) is 0 Å². The zero-order chi connectivity index (χ0) is 34.3. The van der Waals surface area contributed by atoms with Gasteiger partial charge in [-0.1, -0.05) is 72.8 Å². The first kappa shape index (κ1) is 27.2. The van der Waals surface area contributed by atoms with Gasteiger partial charge in [-0.05, 0) is 178 Å². The first-order valence-electron chi connectivity index (χ1n) is 17.4. The van der Waals surface area contributed by atoms with Crippen LogP contribution < -0.4 is 0 Å². The topological polar surface area (TPSA) is 0 Å². The molecule has 0 saturated heterocycles. The Balaban J connectivity index is 1.55. The minimum absolute atomic E-state index is 0.321. The minimum atomic E-state index is -0.321. The fourth-order valence-corrected chi connectivity index (χ4v) is 10.2. The molecule has 0 aliphatic carbocycles. The molecule has 0 saturated carbocycles. The number of rotatable bonds is 0. The van der Waals surface area contributed by atoms with Crippen molar-refractivity contribution in [1.82, 2.24) is 0 Å². The third kappa shape index (κ3) is 3.01.